The summed E-state index contributed by atoms with van der Waals surface area (Å²) in [6, 6.07) is 7.29. The van der Waals surface area contributed by atoms with Crippen molar-refractivity contribution in [2.45, 2.75) is 6.10 Å². The molecule has 0 saturated heterocycles. The van der Waals surface area contributed by atoms with Crippen LogP contribution in [0.4, 0.5) is 0 Å². The van der Waals surface area contributed by atoms with Crippen molar-refractivity contribution in [1.82, 2.24) is 10.1 Å². The third kappa shape index (κ3) is 2.27. The third-order valence-electron chi connectivity index (χ3n) is 2.30. The molecule has 3 N–H and O–H groups in total. The van der Waals surface area contributed by atoms with Crippen LogP contribution in [0.1, 0.15) is 12.0 Å². The lowest BCUT2D eigenvalue weighted by Crippen LogP contribution is -2.11. The van der Waals surface area contributed by atoms with Crippen LogP contribution in [0.5, 0.6) is 5.75 Å². The summed E-state index contributed by atoms with van der Waals surface area (Å²) < 4.78 is 10.1. The van der Waals surface area contributed by atoms with Crippen molar-refractivity contribution in [3.63, 3.8) is 0 Å². The molecule has 0 aliphatic rings. The first-order chi connectivity index (χ1) is 8.26. The van der Waals surface area contributed by atoms with Gasteiger partial charge in [-0.15, -0.1) is 0 Å². The molecule has 2 aromatic rings. The van der Waals surface area contributed by atoms with E-state index in [1.807, 2.05) is 18.2 Å². The number of nitrogens with zero attached hydrogens (tertiary/aromatic N) is 2. The standard InChI is InChI=1S/C11H13N3O3/c1-16-9-5-3-2-4-7(9)10-13-11(17-14-10)8(15)6-12/h2-5,8,15H,6,12H2,1H3. The molecule has 90 valence electrons. The summed E-state index contributed by atoms with van der Waals surface area (Å²) in [5.41, 5.74) is 6.01. The smallest absolute Gasteiger partial charge is 0.257 e. The predicted molar refractivity (Wildman–Crippen MR) is 60.3 cm³/mol. The summed E-state index contributed by atoms with van der Waals surface area (Å²) in [6.45, 7) is 0.0353. The van der Waals surface area contributed by atoms with E-state index in [0.29, 0.717) is 17.1 Å². The van der Waals surface area contributed by atoms with Crippen LogP contribution in [-0.2, 0) is 0 Å². The maximum absolute atomic E-state index is 9.46. The van der Waals surface area contributed by atoms with Crippen molar-refractivity contribution in [3.8, 4) is 17.1 Å². The van der Waals surface area contributed by atoms with E-state index in [1.165, 1.54) is 0 Å². The highest BCUT2D eigenvalue weighted by Gasteiger charge is 2.17. The van der Waals surface area contributed by atoms with Gasteiger partial charge in [0.15, 0.2) is 0 Å². The monoisotopic (exact) mass is 235 g/mol. The lowest BCUT2D eigenvalue weighted by Gasteiger charge is -2.03. The molecule has 0 aliphatic heterocycles. The lowest BCUT2D eigenvalue weighted by molar-refractivity contribution is 0.141. The van der Waals surface area contributed by atoms with Gasteiger partial charge >= 0.3 is 0 Å². The van der Waals surface area contributed by atoms with Gasteiger partial charge < -0.3 is 20.1 Å². The Morgan fingerprint density at radius 3 is 2.94 bits per heavy atom. The summed E-state index contributed by atoms with van der Waals surface area (Å²) in [5.74, 6) is 1.11. The Morgan fingerprint density at radius 2 is 2.24 bits per heavy atom. The van der Waals surface area contributed by atoms with Crippen LogP contribution in [0.2, 0.25) is 0 Å². The van der Waals surface area contributed by atoms with E-state index in [-0.39, 0.29) is 12.4 Å². The summed E-state index contributed by atoms with van der Waals surface area (Å²) in [6.07, 6.45) is -0.939. The number of benzene rings is 1. The Morgan fingerprint density at radius 1 is 1.47 bits per heavy atom. The first-order valence-electron chi connectivity index (χ1n) is 5.11. The Kier molecular flexibility index (Phi) is 3.36. The number of ether oxygens (including phenoxy) is 1. The van der Waals surface area contributed by atoms with Crippen LogP contribution in [0.3, 0.4) is 0 Å². The van der Waals surface area contributed by atoms with Gasteiger partial charge in [0.1, 0.15) is 11.9 Å². The fourth-order valence-electron chi connectivity index (χ4n) is 1.41. The molecule has 1 unspecified atom stereocenters. The van der Waals surface area contributed by atoms with Crippen molar-refractivity contribution >= 4 is 0 Å². The number of aliphatic hydroxyl groups excluding tert-OH is 1. The molecule has 0 aliphatic carbocycles. The highest BCUT2D eigenvalue weighted by atomic mass is 16.5. The fourth-order valence-corrected chi connectivity index (χ4v) is 1.41. The maximum atomic E-state index is 9.46. The van der Waals surface area contributed by atoms with Crippen LogP contribution in [0.25, 0.3) is 11.4 Å². The van der Waals surface area contributed by atoms with Gasteiger partial charge in [0.25, 0.3) is 5.89 Å². The van der Waals surface area contributed by atoms with Gasteiger partial charge in [-0.25, -0.2) is 0 Å². The second kappa shape index (κ2) is 4.94. The Labute approximate surface area is 98.0 Å². The number of aliphatic hydroxyl groups is 1. The molecular formula is C11H13N3O3. The van der Waals surface area contributed by atoms with Crippen molar-refractivity contribution in [2.24, 2.45) is 5.73 Å². The fraction of sp³-hybridized carbons (Fsp3) is 0.273. The molecule has 0 bridgehead atoms. The van der Waals surface area contributed by atoms with E-state index in [2.05, 4.69) is 10.1 Å². The largest absolute Gasteiger partial charge is 0.496 e. The molecule has 1 heterocycles. The minimum absolute atomic E-state index is 0.0353. The molecule has 0 fully saturated rings. The molecule has 0 amide bonds. The number of hydrogen-bond donors (Lipinski definition) is 2. The van der Waals surface area contributed by atoms with E-state index in [1.54, 1.807) is 13.2 Å². The quantitative estimate of drug-likeness (QED) is 0.811. The van der Waals surface area contributed by atoms with Crippen LogP contribution in [-0.4, -0.2) is 28.9 Å². The van der Waals surface area contributed by atoms with Crippen LogP contribution in [0.15, 0.2) is 28.8 Å². The molecule has 0 saturated carbocycles. The van der Waals surface area contributed by atoms with Crippen molar-refractivity contribution in [2.75, 3.05) is 13.7 Å². The summed E-state index contributed by atoms with van der Waals surface area (Å²) in [4.78, 5) is 4.07. The Balaban J connectivity index is 2.37. The molecule has 6 heteroatoms. The van der Waals surface area contributed by atoms with Crippen LogP contribution >= 0.6 is 0 Å². The van der Waals surface area contributed by atoms with E-state index < -0.39 is 6.10 Å². The van der Waals surface area contributed by atoms with E-state index in [9.17, 15) is 5.11 Å². The molecular weight excluding hydrogens is 222 g/mol. The first kappa shape index (κ1) is 11.6. The molecule has 17 heavy (non-hydrogen) atoms. The van der Waals surface area contributed by atoms with E-state index in [4.69, 9.17) is 15.0 Å². The topological polar surface area (TPSA) is 94.4 Å². The highest BCUT2D eigenvalue weighted by molar-refractivity contribution is 5.63. The van der Waals surface area contributed by atoms with Gasteiger partial charge in [0, 0.05) is 6.54 Å². The zero-order chi connectivity index (χ0) is 12.3. The maximum Gasteiger partial charge on any atom is 0.257 e. The van der Waals surface area contributed by atoms with Gasteiger partial charge in [-0.3, -0.25) is 0 Å². The average molecular weight is 235 g/mol. The summed E-state index contributed by atoms with van der Waals surface area (Å²) in [7, 11) is 1.56. The third-order valence-corrected chi connectivity index (χ3v) is 2.30. The molecule has 0 radical (unpaired) electrons. The zero-order valence-corrected chi connectivity index (χ0v) is 9.33. The predicted octanol–water partition coefficient (Wildman–Crippen LogP) is 0.737. The number of hydrogen-bond acceptors (Lipinski definition) is 6. The van der Waals surface area contributed by atoms with E-state index >= 15 is 0 Å². The lowest BCUT2D eigenvalue weighted by atomic mass is 10.2. The number of para-hydroxylation sites is 1. The minimum atomic E-state index is -0.939. The SMILES string of the molecule is COc1ccccc1-c1noc(C(O)CN)n1. The second-order valence-electron chi connectivity index (χ2n) is 3.41. The van der Waals surface area contributed by atoms with Crippen molar-refractivity contribution in [1.29, 1.82) is 0 Å². The van der Waals surface area contributed by atoms with Gasteiger partial charge in [0.2, 0.25) is 5.82 Å². The van der Waals surface area contributed by atoms with Gasteiger partial charge in [0.05, 0.1) is 12.7 Å². The van der Waals surface area contributed by atoms with Crippen LogP contribution < -0.4 is 10.5 Å². The number of nitrogens with two attached hydrogens (primary N) is 1. The summed E-state index contributed by atoms with van der Waals surface area (Å²) in [5, 5.41) is 13.2. The summed E-state index contributed by atoms with van der Waals surface area (Å²) >= 11 is 0. The molecule has 2 rings (SSSR count). The van der Waals surface area contributed by atoms with Gasteiger partial charge in [-0.05, 0) is 12.1 Å². The number of methoxy groups -OCH3 is 1. The Hall–Kier alpha value is -1.92. The van der Waals surface area contributed by atoms with Crippen LogP contribution in [0, 0.1) is 0 Å². The van der Waals surface area contributed by atoms with Gasteiger partial charge in [-0.2, -0.15) is 4.98 Å². The van der Waals surface area contributed by atoms with Gasteiger partial charge in [-0.1, -0.05) is 17.3 Å². The van der Waals surface area contributed by atoms with Crippen molar-refractivity contribution < 1.29 is 14.4 Å². The molecule has 6 nitrogen and oxygen atoms in total. The number of rotatable bonds is 4. The average Bonchev–Trinajstić information content (AvgIpc) is 2.87. The van der Waals surface area contributed by atoms with Crippen molar-refractivity contribution in [3.05, 3.63) is 30.2 Å². The minimum Gasteiger partial charge on any atom is -0.496 e. The molecule has 0 spiro atoms. The molecule has 1 atom stereocenters. The first-order valence-corrected chi connectivity index (χ1v) is 5.11. The highest BCUT2D eigenvalue weighted by Crippen LogP contribution is 2.27. The normalized spacial score (nSPS) is 12.4. The molecule has 1 aromatic carbocycles. The molecule has 1 aromatic heterocycles. The zero-order valence-electron chi connectivity index (χ0n) is 9.33. The number of aromatic nitrogens is 2. The van der Waals surface area contributed by atoms with E-state index in [0.717, 1.165) is 0 Å². The Bertz CT molecular complexity index is 498. The second-order valence-corrected chi connectivity index (χ2v) is 3.41.